The Hall–Kier alpha value is -1.65. The third-order valence-corrected chi connectivity index (χ3v) is 2.67. The minimum Gasteiger partial charge on any atom is -0.327 e. The number of fused-ring (bicyclic) bond motifs is 1. The molecule has 0 bridgehead atoms. The molecular formula is C13H14ClN3O. The fourth-order valence-corrected chi connectivity index (χ4v) is 1.97. The van der Waals surface area contributed by atoms with Gasteiger partial charge in [0.05, 0.1) is 11.2 Å². The van der Waals surface area contributed by atoms with Crippen molar-refractivity contribution in [2.45, 2.75) is 19.4 Å². The fraction of sp³-hybridized carbons (Fsp3) is 0.231. The molecule has 1 atom stereocenters. The number of nitrogens with zero attached hydrogens (tertiary/aromatic N) is 1. The molecular weight excluding hydrogens is 250 g/mol. The van der Waals surface area contributed by atoms with E-state index >= 15 is 0 Å². The molecule has 1 amide bonds. The zero-order chi connectivity index (χ0) is 13.1. The molecule has 3 N–H and O–H groups in total. The van der Waals surface area contributed by atoms with Gasteiger partial charge < -0.3 is 11.1 Å². The van der Waals surface area contributed by atoms with E-state index in [4.69, 9.17) is 17.3 Å². The van der Waals surface area contributed by atoms with Crippen molar-refractivity contribution in [3.63, 3.8) is 0 Å². The van der Waals surface area contributed by atoms with E-state index in [-0.39, 0.29) is 18.4 Å². The first-order chi connectivity index (χ1) is 8.56. The number of hydrogen-bond donors (Lipinski definition) is 2. The maximum atomic E-state index is 11.7. The van der Waals surface area contributed by atoms with Gasteiger partial charge in [-0.3, -0.25) is 9.78 Å². The average Bonchev–Trinajstić information content (AvgIpc) is 2.27. The van der Waals surface area contributed by atoms with Crippen LogP contribution in [0.1, 0.15) is 13.3 Å². The Balaban J connectivity index is 2.35. The number of anilines is 1. The van der Waals surface area contributed by atoms with Gasteiger partial charge in [0.15, 0.2) is 0 Å². The summed E-state index contributed by atoms with van der Waals surface area (Å²) in [5.74, 6) is -0.140. The lowest BCUT2D eigenvalue weighted by atomic mass is 10.2. The Morgan fingerprint density at radius 1 is 1.56 bits per heavy atom. The maximum Gasteiger partial charge on any atom is 0.225 e. The molecule has 18 heavy (non-hydrogen) atoms. The molecule has 5 heteroatoms. The Bertz CT molecular complexity index is 583. The molecule has 4 nitrogen and oxygen atoms in total. The number of nitrogens with one attached hydrogen (secondary N) is 1. The van der Waals surface area contributed by atoms with E-state index < -0.39 is 0 Å². The molecule has 0 aliphatic carbocycles. The molecule has 0 saturated heterocycles. The van der Waals surface area contributed by atoms with Gasteiger partial charge in [-0.15, -0.1) is 0 Å². The summed E-state index contributed by atoms with van der Waals surface area (Å²) in [6.07, 6.45) is 1.94. The number of amides is 1. The molecule has 2 aromatic rings. The van der Waals surface area contributed by atoms with Crippen LogP contribution >= 0.6 is 11.6 Å². The Morgan fingerprint density at radius 2 is 2.33 bits per heavy atom. The van der Waals surface area contributed by atoms with Gasteiger partial charge in [-0.05, 0) is 25.1 Å². The molecule has 0 radical (unpaired) electrons. The van der Waals surface area contributed by atoms with Gasteiger partial charge >= 0.3 is 0 Å². The molecule has 1 aromatic heterocycles. The highest BCUT2D eigenvalue weighted by molar-refractivity contribution is 6.32. The molecule has 0 spiro atoms. The highest BCUT2D eigenvalue weighted by Gasteiger charge is 2.09. The van der Waals surface area contributed by atoms with Crippen LogP contribution in [-0.2, 0) is 4.79 Å². The first-order valence-electron chi connectivity index (χ1n) is 5.66. The van der Waals surface area contributed by atoms with Crippen molar-refractivity contribution in [2.75, 3.05) is 5.32 Å². The number of carbonyl (C=O) groups excluding carboxylic acids is 1. The standard InChI is InChI=1S/C13H14ClN3O/c1-8(15)5-12(18)17-11-7-10(14)6-9-3-2-4-16-13(9)11/h2-4,6-8H,5,15H2,1H3,(H,17,18). The van der Waals surface area contributed by atoms with Gasteiger partial charge in [-0.2, -0.15) is 0 Å². The summed E-state index contributed by atoms with van der Waals surface area (Å²) < 4.78 is 0. The highest BCUT2D eigenvalue weighted by atomic mass is 35.5. The predicted octanol–water partition coefficient (Wildman–Crippen LogP) is 2.56. The van der Waals surface area contributed by atoms with Gasteiger partial charge in [0, 0.05) is 29.1 Å². The number of hydrogen-bond acceptors (Lipinski definition) is 3. The second kappa shape index (κ2) is 5.33. The number of carbonyl (C=O) groups is 1. The van der Waals surface area contributed by atoms with Crippen molar-refractivity contribution >= 4 is 34.1 Å². The Morgan fingerprint density at radius 3 is 3.06 bits per heavy atom. The van der Waals surface area contributed by atoms with E-state index in [0.717, 1.165) is 10.9 Å². The summed E-state index contributed by atoms with van der Waals surface area (Å²) in [4.78, 5) is 16.0. The molecule has 94 valence electrons. The van der Waals surface area contributed by atoms with Gasteiger partial charge in [0.2, 0.25) is 5.91 Å². The van der Waals surface area contributed by atoms with Crippen molar-refractivity contribution in [1.29, 1.82) is 0 Å². The number of halogens is 1. The SMILES string of the molecule is CC(N)CC(=O)Nc1cc(Cl)cc2cccnc12. The number of benzene rings is 1. The van der Waals surface area contributed by atoms with E-state index in [1.807, 2.05) is 18.2 Å². The molecule has 1 heterocycles. The normalized spacial score (nSPS) is 12.4. The van der Waals surface area contributed by atoms with Crippen molar-refractivity contribution < 1.29 is 4.79 Å². The van der Waals surface area contributed by atoms with Crippen molar-refractivity contribution in [3.05, 3.63) is 35.5 Å². The Labute approximate surface area is 110 Å². The molecule has 2 rings (SSSR count). The van der Waals surface area contributed by atoms with Crippen LogP contribution in [0.25, 0.3) is 10.9 Å². The van der Waals surface area contributed by atoms with Crippen LogP contribution in [0.15, 0.2) is 30.5 Å². The van der Waals surface area contributed by atoms with Crippen molar-refractivity contribution in [2.24, 2.45) is 5.73 Å². The second-order valence-corrected chi connectivity index (χ2v) is 4.69. The molecule has 0 aliphatic heterocycles. The third-order valence-electron chi connectivity index (χ3n) is 2.45. The second-order valence-electron chi connectivity index (χ2n) is 4.26. The van der Waals surface area contributed by atoms with Gasteiger partial charge in [0.25, 0.3) is 0 Å². The van der Waals surface area contributed by atoms with E-state index in [2.05, 4.69) is 10.3 Å². The van der Waals surface area contributed by atoms with Gasteiger partial charge in [-0.25, -0.2) is 0 Å². The summed E-state index contributed by atoms with van der Waals surface area (Å²) in [5, 5.41) is 4.24. The molecule has 0 fully saturated rings. The molecule has 0 aliphatic rings. The van der Waals surface area contributed by atoms with Crippen LogP contribution in [0.2, 0.25) is 5.02 Å². The summed E-state index contributed by atoms with van der Waals surface area (Å²) in [6.45, 7) is 1.79. The summed E-state index contributed by atoms with van der Waals surface area (Å²) in [5.41, 5.74) is 6.92. The maximum absolute atomic E-state index is 11.7. The fourth-order valence-electron chi connectivity index (χ4n) is 1.74. The van der Waals surface area contributed by atoms with Gasteiger partial charge in [-0.1, -0.05) is 17.7 Å². The lowest BCUT2D eigenvalue weighted by molar-refractivity contribution is -0.116. The monoisotopic (exact) mass is 263 g/mol. The van der Waals surface area contributed by atoms with Crippen LogP contribution in [0.5, 0.6) is 0 Å². The number of aromatic nitrogens is 1. The lowest BCUT2D eigenvalue weighted by Gasteiger charge is -2.10. The zero-order valence-corrected chi connectivity index (χ0v) is 10.7. The number of nitrogens with two attached hydrogens (primary N) is 1. The number of pyridine rings is 1. The smallest absolute Gasteiger partial charge is 0.225 e. The molecule has 1 unspecified atom stereocenters. The largest absolute Gasteiger partial charge is 0.327 e. The number of rotatable bonds is 3. The van der Waals surface area contributed by atoms with Crippen LogP contribution in [0.3, 0.4) is 0 Å². The van der Waals surface area contributed by atoms with Crippen LogP contribution in [0.4, 0.5) is 5.69 Å². The molecule has 0 saturated carbocycles. The first kappa shape index (κ1) is 12.8. The minimum atomic E-state index is -0.177. The minimum absolute atomic E-state index is 0.140. The van der Waals surface area contributed by atoms with E-state index in [1.54, 1.807) is 19.2 Å². The van der Waals surface area contributed by atoms with E-state index in [1.165, 1.54) is 0 Å². The predicted molar refractivity (Wildman–Crippen MR) is 73.6 cm³/mol. The molecule has 1 aromatic carbocycles. The van der Waals surface area contributed by atoms with Crippen molar-refractivity contribution in [3.8, 4) is 0 Å². The van der Waals surface area contributed by atoms with Crippen LogP contribution in [0, 0.1) is 0 Å². The average molecular weight is 264 g/mol. The lowest BCUT2D eigenvalue weighted by Crippen LogP contribution is -2.24. The van der Waals surface area contributed by atoms with Crippen LogP contribution in [-0.4, -0.2) is 16.9 Å². The Kier molecular flexibility index (Phi) is 3.79. The summed E-state index contributed by atoms with van der Waals surface area (Å²) >= 11 is 6.01. The topological polar surface area (TPSA) is 68.0 Å². The van der Waals surface area contributed by atoms with Crippen molar-refractivity contribution in [1.82, 2.24) is 4.98 Å². The van der Waals surface area contributed by atoms with Crippen LogP contribution < -0.4 is 11.1 Å². The van der Waals surface area contributed by atoms with E-state index in [0.29, 0.717) is 10.7 Å². The third kappa shape index (κ3) is 2.97. The first-order valence-corrected chi connectivity index (χ1v) is 6.04. The highest BCUT2D eigenvalue weighted by Crippen LogP contribution is 2.26. The zero-order valence-electron chi connectivity index (χ0n) is 9.98. The quantitative estimate of drug-likeness (QED) is 0.894. The van der Waals surface area contributed by atoms with E-state index in [9.17, 15) is 4.79 Å². The summed E-state index contributed by atoms with van der Waals surface area (Å²) in [6, 6.07) is 7.05. The van der Waals surface area contributed by atoms with Gasteiger partial charge in [0.1, 0.15) is 0 Å². The summed E-state index contributed by atoms with van der Waals surface area (Å²) in [7, 11) is 0.